The Morgan fingerprint density at radius 3 is 2.61 bits per heavy atom. The molecule has 0 saturated carbocycles. The van der Waals surface area contributed by atoms with Crippen LogP contribution in [-0.4, -0.2) is 11.0 Å². The maximum absolute atomic E-state index is 12.3. The molecule has 92 valence electrons. The van der Waals surface area contributed by atoms with Crippen molar-refractivity contribution in [1.29, 1.82) is 0 Å². The zero-order valence-electron chi connectivity index (χ0n) is 9.75. The number of rotatable bonds is 1. The lowest BCUT2D eigenvalue weighted by Crippen LogP contribution is -2.27. The number of amides is 1. The Kier molecular flexibility index (Phi) is 2.39. The fourth-order valence-corrected chi connectivity index (χ4v) is 3.27. The van der Waals surface area contributed by atoms with Gasteiger partial charge in [-0.1, -0.05) is 18.2 Å². The summed E-state index contributed by atoms with van der Waals surface area (Å²) in [4.78, 5) is 14.6. The number of fused-ring (bicyclic) bond motifs is 1. The third kappa shape index (κ3) is 1.38. The van der Waals surface area contributed by atoms with Crippen molar-refractivity contribution >= 4 is 27.9 Å². The summed E-state index contributed by atoms with van der Waals surface area (Å²) in [6.07, 6.45) is -0.941. The number of aryl methyl sites for hydroxylation is 1. The molecule has 18 heavy (non-hydrogen) atoms. The van der Waals surface area contributed by atoms with Crippen LogP contribution < -0.4 is 10.6 Å². The quantitative estimate of drug-likeness (QED) is 0.826. The van der Waals surface area contributed by atoms with Crippen LogP contribution in [0.15, 0.2) is 30.3 Å². The minimum absolute atomic E-state index is 0.231. The number of nitrogens with zero attached hydrogens (tertiary/aromatic N) is 1. The molecule has 1 unspecified atom stereocenters. The van der Waals surface area contributed by atoms with Crippen LogP contribution in [0.3, 0.4) is 0 Å². The molecule has 1 aliphatic rings. The maximum Gasteiger partial charge on any atom is 0.264 e. The summed E-state index contributed by atoms with van der Waals surface area (Å²) < 4.78 is 0. The van der Waals surface area contributed by atoms with Crippen molar-refractivity contribution in [3.63, 3.8) is 0 Å². The third-order valence-electron chi connectivity index (χ3n) is 3.13. The first-order valence-electron chi connectivity index (χ1n) is 5.56. The summed E-state index contributed by atoms with van der Waals surface area (Å²) >= 11 is 1.35. The van der Waals surface area contributed by atoms with Crippen molar-refractivity contribution in [3.05, 3.63) is 46.3 Å². The second kappa shape index (κ2) is 3.83. The SMILES string of the molecule is Cc1sc(N)c2c1C(O)N(c1ccccc1)C2=O. The van der Waals surface area contributed by atoms with Gasteiger partial charge < -0.3 is 10.8 Å². The highest BCUT2D eigenvalue weighted by atomic mass is 32.1. The fraction of sp³-hybridized carbons (Fsp3) is 0.154. The number of benzene rings is 1. The van der Waals surface area contributed by atoms with Gasteiger partial charge in [0.05, 0.1) is 10.6 Å². The summed E-state index contributed by atoms with van der Waals surface area (Å²) in [6, 6.07) is 9.11. The van der Waals surface area contributed by atoms with Gasteiger partial charge in [-0.3, -0.25) is 9.69 Å². The molecule has 3 rings (SSSR count). The number of aliphatic hydroxyl groups excluding tert-OH is 1. The molecule has 0 bridgehead atoms. The van der Waals surface area contributed by atoms with Gasteiger partial charge in [0.1, 0.15) is 0 Å². The second-order valence-electron chi connectivity index (χ2n) is 4.20. The third-order valence-corrected chi connectivity index (χ3v) is 4.08. The van der Waals surface area contributed by atoms with Crippen molar-refractivity contribution < 1.29 is 9.90 Å². The van der Waals surface area contributed by atoms with Crippen LogP contribution in [0.25, 0.3) is 0 Å². The summed E-state index contributed by atoms with van der Waals surface area (Å²) in [6.45, 7) is 1.87. The number of hydrogen-bond donors (Lipinski definition) is 2. The topological polar surface area (TPSA) is 66.6 Å². The first-order valence-corrected chi connectivity index (χ1v) is 6.38. The molecule has 2 heterocycles. The van der Waals surface area contributed by atoms with E-state index in [0.717, 1.165) is 4.88 Å². The second-order valence-corrected chi connectivity index (χ2v) is 5.45. The van der Waals surface area contributed by atoms with Crippen molar-refractivity contribution in [2.24, 2.45) is 0 Å². The van der Waals surface area contributed by atoms with Crippen LogP contribution in [0.1, 0.15) is 27.0 Å². The van der Waals surface area contributed by atoms with Gasteiger partial charge in [0.25, 0.3) is 5.91 Å². The highest BCUT2D eigenvalue weighted by Gasteiger charge is 2.40. The number of carbonyl (C=O) groups excluding carboxylic acids is 1. The largest absolute Gasteiger partial charge is 0.390 e. The van der Waals surface area contributed by atoms with Crippen molar-refractivity contribution in [3.8, 4) is 0 Å². The highest BCUT2D eigenvalue weighted by molar-refractivity contribution is 7.16. The average Bonchev–Trinajstić information content (AvgIpc) is 2.79. The standard InChI is InChI=1S/C13H12N2O2S/c1-7-9-10(11(14)18-7)13(17)15(12(9)16)8-5-3-2-4-6-8/h2-6,12,16H,14H2,1H3. The van der Waals surface area contributed by atoms with Crippen LogP contribution in [0.5, 0.6) is 0 Å². The molecule has 1 aliphatic heterocycles. The van der Waals surface area contributed by atoms with Gasteiger partial charge in [-0.05, 0) is 19.1 Å². The number of nitrogen functional groups attached to an aromatic ring is 1. The Labute approximate surface area is 108 Å². The molecule has 5 heteroatoms. The van der Waals surface area contributed by atoms with Crippen LogP contribution in [-0.2, 0) is 0 Å². The minimum atomic E-state index is -0.941. The van der Waals surface area contributed by atoms with Crippen molar-refractivity contribution in [2.45, 2.75) is 13.2 Å². The zero-order chi connectivity index (χ0) is 12.9. The number of anilines is 2. The van der Waals surface area contributed by atoms with Crippen molar-refractivity contribution in [1.82, 2.24) is 0 Å². The Bertz CT molecular complexity index is 621. The number of hydrogen-bond acceptors (Lipinski definition) is 4. The van der Waals surface area contributed by atoms with E-state index in [2.05, 4.69) is 0 Å². The van der Waals surface area contributed by atoms with Gasteiger partial charge in [-0.2, -0.15) is 0 Å². The van der Waals surface area contributed by atoms with E-state index >= 15 is 0 Å². The zero-order valence-corrected chi connectivity index (χ0v) is 10.6. The average molecular weight is 260 g/mol. The van der Waals surface area contributed by atoms with Gasteiger partial charge in [-0.25, -0.2) is 0 Å². The molecule has 4 nitrogen and oxygen atoms in total. The predicted octanol–water partition coefficient (Wildman–Crippen LogP) is 2.29. The molecule has 2 aromatic rings. The fourth-order valence-electron chi connectivity index (χ4n) is 2.32. The van der Waals surface area contributed by atoms with Gasteiger partial charge >= 0.3 is 0 Å². The summed E-state index contributed by atoms with van der Waals surface area (Å²) in [5.41, 5.74) is 7.62. The smallest absolute Gasteiger partial charge is 0.264 e. The van der Waals surface area contributed by atoms with E-state index in [1.807, 2.05) is 25.1 Å². The molecule has 0 spiro atoms. The van der Waals surface area contributed by atoms with E-state index in [4.69, 9.17) is 5.73 Å². The van der Waals surface area contributed by atoms with Crippen LogP contribution in [0, 0.1) is 6.92 Å². The maximum atomic E-state index is 12.3. The van der Waals surface area contributed by atoms with E-state index in [0.29, 0.717) is 21.8 Å². The van der Waals surface area contributed by atoms with Gasteiger partial charge in [-0.15, -0.1) is 11.3 Å². The number of carbonyl (C=O) groups is 1. The molecular weight excluding hydrogens is 248 g/mol. The summed E-state index contributed by atoms with van der Waals surface area (Å²) in [7, 11) is 0. The molecule has 0 saturated heterocycles. The van der Waals surface area contributed by atoms with Crippen LogP contribution >= 0.6 is 11.3 Å². The van der Waals surface area contributed by atoms with E-state index in [1.54, 1.807) is 12.1 Å². The monoisotopic (exact) mass is 260 g/mol. The van der Waals surface area contributed by atoms with E-state index < -0.39 is 6.23 Å². The van der Waals surface area contributed by atoms with Crippen molar-refractivity contribution in [2.75, 3.05) is 10.6 Å². The molecule has 1 atom stereocenters. The van der Waals surface area contributed by atoms with E-state index in [9.17, 15) is 9.90 Å². The minimum Gasteiger partial charge on any atom is -0.390 e. The number of aliphatic hydroxyl groups is 1. The summed E-state index contributed by atoms with van der Waals surface area (Å²) in [5, 5.41) is 10.8. The number of nitrogens with two attached hydrogens (primary N) is 1. The Morgan fingerprint density at radius 2 is 2.00 bits per heavy atom. The molecular formula is C13H12N2O2S. The van der Waals surface area contributed by atoms with Crippen LogP contribution in [0.4, 0.5) is 10.7 Å². The van der Waals surface area contributed by atoms with E-state index in [-0.39, 0.29) is 5.91 Å². The Hall–Kier alpha value is -1.85. The lowest BCUT2D eigenvalue weighted by atomic mass is 10.2. The number of thiophene rings is 1. The normalized spacial score (nSPS) is 18.2. The summed E-state index contributed by atoms with van der Waals surface area (Å²) in [5.74, 6) is -0.231. The molecule has 1 amide bonds. The number of para-hydroxylation sites is 1. The molecule has 1 aromatic heterocycles. The highest BCUT2D eigenvalue weighted by Crippen LogP contribution is 2.44. The van der Waals surface area contributed by atoms with Crippen LogP contribution in [0.2, 0.25) is 0 Å². The molecule has 0 fully saturated rings. The molecule has 1 aromatic carbocycles. The molecule has 0 aliphatic carbocycles. The predicted molar refractivity (Wildman–Crippen MR) is 71.7 cm³/mol. The lowest BCUT2D eigenvalue weighted by molar-refractivity contribution is 0.0935. The van der Waals surface area contributed by atoms with Gasteiger partial charge in [0.2, 0.25) is 0 Å². The Morgan fingerprint density at radius 1 is 1.33 bits per heavy atom. The molecule has 0 radical (unpaired) electrons. The first kappa shape index (κ1) is 11.3. The lowest BCUT2D eigenvalue weighted by Gasteiger charge is -2.21. The Balaban J connectivity index is 2.13. The van der Waals surface area contributed by atoms with E-state index in [1.165, 1.54) is 16.2 Å². The first-order chi connectivity index (χ1) is 8.61. The molecule has 3 N–H and O–H groups in total. The van der Waals surface area contributed by atoms with Gasteiger partial charge in [0.15, 0.2) is 6.23 Å². The van der Waals surface area contributed by atoms with Gasteiger partial charge in [0, 0.05) is 16.1 Å².